The number of carboxylic acids is 1. The summed E-state index contributed by atoms with van der Waals surface area (Å²) in [4.78, 5) is 24.6. The van der Waals surface area contributed by atoms with Gasteiger partial charge in [0.15, 0.2) is 0 Å². The summed E-state index contributed by atoms with van der Waals surface area (Å²) in [6.07, 6.45) is 3.54. The van der Waals surface area contributed by atoms with Crippen molar-refractivity contribution >= 4 is 15.7 Å². The van der Waals surface area contributed by atoms with Crippen molar-refractivity contribution in [2.45, 2.75) is 0 Å². The first-order valence-corrected chi connectivity index (χ1v) is 10.1. The van der Waals surface area contributed by atoms with Crippen LogP contribution in [0.15, 0.2) is 67.0 Å². The summed E-state index contributed by atoms with van der Waals surface area (Å²) in [5.41, 5.74) is 3.46. The topological polar surface area (TPSA) is 79.2 Å². The Balaban J connectivity index is 0.000000346. The van der Waals surface area contributed by atoms with E-state index in [1.54, 1.807) is 31.4 Å². The maximum Gasteiger partial charge on any atom is 0.0894 e. The molecule has 3 aromatic rings. The van der Waals surface area contributed by atoms with E-state index in [0.717, 1.165) is 22.8 Å². The van der Waals surface area contributed by atoms with Gasteiger partial charge in [-0.1, -0.05) is 18.2 Å². The van der Waals surface area contributed by atoms with Gasteiger partial charge in [-0.3, -0.25) is 19.7 Å². The number of nitrogens with zero attached hydrogens (tertiary/aromatic N) is 4. The quantitative estimate of drug-likeness (QED) is 0.585. The summed E-state index contributed by atoms with van der Waals surface area (Å²) in [7, 11) is 8.00. The van der Waals surface area contributed by atoms with Crippen molar-refractivity contribution in [1.29, 1.82) is 0 Å². The molecule has 0 unspecified atom stereocenters. The molecule has 0 aliphatic heterocycles. The van der Waals surface area contributed by atoms with Gasteiger partial charge in [0.05, 0.1) is 29.3 Å². The largest absolute Gasteiger partial charge is 0.255 e. The third-order valence-corrected chi connectivity index (χ3v) is 3.06. The molecule has 6 nitrogen and oxygen atoms in total. The molecule has 0 saturated carbocycles. The predicted molar refractivity (Wildman–Crippen MR) is 103 cm³/mol. The van der Waals surface area contributed by atoms with E-state index in [1.807, 2.05) is 71.9 Å². The van der Waals surface area contributed by atoms with Crippen molar-refractivity contribution in [1.82, 2.24) is 19.9 Å². The van der Waals surface area contributed by atoms with Crippen LogP contribution in [0.5, 0.6) is 0 Å². The first-order chi connectivity index (χ1) is 13.1. The summed E-state index contributed by atoms with van der Waals surface area (Å²) in [5.74, 6) is -0.787. The Labute approximate surface area is 173 Å². The average molecular weight is 473 g/mol. The van der Waals surface area contributed by atoms with Crippen LogP contribution in [-0.4, -0.2) is 51.6 Å². The van der Waals surface area contributed by atoms with Crippen molar-refractivity contribution in [3.8, 4) is 22.8 Å². The van der Waals surface area contributed by atoms with Crippen molar-refractivity contribution in [2.24, 2.45) is 0 Å². The van der Waals surface area contributed by atoms with Crippen molar-refractivity contribution in [2.75, 3.05) is 20.6 Å². The van der Waals surface area contributed by atoms with Gasteiger partial charge in [-0.15, -0.1) is 0 Å². The first-order valence-electron chi connectivity index (χ1n) is 7.86. The zero-order valence-corrected chi connectivity index (χ0v) is 17.4. The number of pyridine rings is 3. The van der Waals surface area contributed by atoms with Gasteiger partial charge < -0.3 is 5.11 Å². The van der Waals surface area contributed by atoms with Gasteiger partial charge in [-0.25, -0.2) is 4.98 Å². The van der Waals surface area contributed by atoms with Crippen LogP contribution < -0.4 is 0 Å². The maximum atomic E-state index is 9.77. The molecule has 0 atom stereocenters. The molecule has 0 fully saturated rings. The molecule has 1 N–H and O–H groups in total. The Hall–Kier alpha value is -2.21. The molecule has 0 aliphatic rings. The van der Waals surface area contributed by atoms with Crippen molar-refractivity contribution < 1.29 is 27.2 Å². The second-order valence-electron chi connectivity index (χ2n) is 5.47. The second kappa shape index (κ2) is 13.0. The molecule has 0 bridgehead atoms. The van der Waals surface area contributed by atoms with Gasteiger partial charge in [0.2, 0.25) is 0 Å². The van der Waals surface area contributed by atoms with Crippen LogP contribution in [0.25, 0.3) is 22.8 Å². The molecule has 143 valence electrons. The number of hydrogen-bond acceptors (Lipinski definition) is 5. The Morgan fingerprint density at radius 1 is 0.889 bits per heavy atom. The predicted octanol–water partition coefficient (Wildman–Crippen LogP) is 3.53. The minimum absolute atomic E-state index is 0.111. The van der Waals surface area contributed by atoms with E-state index >= 15 is 0 Å². The van der Waals surface area contributed by atoms with E-state index in [2.05, 4.69) is 24.6 Å². The van der Waals surface area contributed by atoms with E-state index in [1.165, 1.54) is 0 Å². The van der Waals surface area contributed by atoms with Crippen LogP contribution in [-0.2, 0) is 22.1 Å². The van der Waals surface area contributed by atoms with Gasteiger partial charge >= 0.3 is 33.0 Å². The van der Waals surface area contributed by atoms with E-state index in [9.17, 15) is 4.79 Å². The normalized spacial score (nSPS) is 9.52. The molecule has 3 rings (SSSR count). The molecule has 0 aromatic carbocycles. The maximum absolute atomic E-state index is 9.77. The number of rotatable bonds is 4. The summed E-state index contributed by atoms with van der Waals surface area (Å²) < 4.78 is 0. The van der Waals surface area contributed by atoms with Crippen molar-refractivity contribution in [3.05, 3.63) is 67.0 Å². The third-order valence-electron chi connectivity index (χ3n) is 3.06. The fourth-order valence-corrected chi connectivity index (χ4v) is 2.02. The average Bonchev–Trinajstić information content (AvgIpc) is 2.70. The van der Waals surface area contributed by atoms with Gasteiger partial charge in [0.1, 0.15) is 0 Å². The molecule has 8 heteroatoms. The molecular weight excluding hydrogens is 453 g/mol. The molecule has 0 aliphatic carbocycles. The summed E-state index contributed by atoms with van der Waals surface area (Å²) in [5, 5.41) is 8.04. The van der Waals surface area contributed by atoms with Crippen LogP contribution >= 0.6 is 9.69 Å². The minimum atomic E-state index is -0.787. The fourth-order valence-electron chi connectivity index (χ4n) is 2.02. The molecule has 3 aromatic heterocycles. The van der Waals surface area contributed by atoms with Crippen LogP contribution in [0, 0.1) is 0 Å². The van der Waals surface area contributed by atoms with Crippen LogP contribution in [0.1, 0.15) is 0 Å². The standard InChI is InChI=1S/C15H11N3.C4H9NO2.ClH.Ru/c1-3-10-16-12(6-1)14-8-5-9-15(18-14)13-7-2-4-11-17-13;1-5(2)3-4(6)7;;/h1-11H;3H2,1-2H3,(H,6,7);1H;/q;;;+1/p-1. The monoisotopic (exact) mass is 473 g/mol. The van der Waals surface area contributed by atoms with Gasteiger partial charge in [0, 0.05) is 12.4 Å². The van der Waals surface area contributed by atoms with E-state index in [-0.39, 0.29) is 6.54 Å². The molecule has 0 amide bonds. The summed E-state index contributed by atoms with van der Waals surface area (Å²) in [6, 6.07) is 17.5. The van der Waals surface area contributed by atoms with Crippen LogP contribution in [0.3, 0.4) is 0 Å². The zero-order chi connectivity index (χ0) is 20.1. The van der Waals surface area contributed by atoms with Crippen LogP contribution in [0.4, 0.5) is 0 Å². The fraction of sp³-hybridized carbons (Fsp3) is 0.158. The smallest absolute Gasteiger partial charge is 0.0894 e. The number of likely N-dealkylation sites (N-methyl/N-ethyl adjacent to an activating group) is 1. The Kier molecular flexibility index (Phi) is 11.0. The van der Waals surface area contributed by atoms with E-state index in [0.29, 0.717) is 0 Å². The Morgan fingerprint density at radius 2 is 1.33 bits per heavy atom. The minimum Gasteiger partial charge on any atom is -0.255 e. The van der Waals surface area contributed by atoms with E-state index < -0.39 is 5.97 Å². The Bertz CT molecular complexity index is 750. The third kappa shape index (κ3) is 8.82. The summed E-state index contributed by atoms with van der Waals surface area (Å²) >= 11 is 1.82. The number of carbonyl (C=O) groups is 1. The van der Waals surface area contributed by atoms with Crippen molar-refractivity contribution in [3.63, 3.8) is 0 Å². The molecular formula is C19H20ClN4O2Ru. The van der Waals surface area contributed by atoms with E-state index in [4.69, 9.17) is 5.11 Å². The van der Waals surface area contributed by atoms with Crippen LogP contribution in [0.2, 0.25) is 0 Å². The number of aliphatic carboxylic acids is 1. The summed E-state index contributed by atoms with van der Waals surface area (Å²) in [6.45, 7) is 0.111. The molecule has 0 spiro atoms. The number of halogens is 1. The molecule has 0 saturated heterocycles. The molecule has 0 radical (unpaired) electrons. The molecule has 27 heavy (non-hydrogen) atoms. The Morgan fingerprint density at radius 3 is 1.63 bits per heavy atom. The zero-order valence-electron chi connectivity index (χ0n) is 14.9. The van der Waals surface area contributed by atoms with Gasteiger partial charge in [-0.05, 0) is 50.5 Å². The number of hydrogen-bond donors (Lipinski definition) is 1. The van der Waals surface area contributed by atoms with Gasteiger partial charge in [0.25, 0.3) is 0 Å². The second-order valence-corrected chi connectivity index (χ2v) is 5.47. The van der Waals surface area contributed by atoms with Gasteiger partial charge in [-0.2, -0.15) is 0 Å². The SMILES string of the molecule is CN(C)CC(=O)O.[Cl][Ru].c1ccc(-c2cccc(-c3ccccn3)n2)nc1. The first kappa shape index (κ1) is 22.8. The molecule has 3 heterocycles. The number of aromatic nitrogens is 3. The number of carboxylic acid groups (broad SMARTS) is 1.